The molecule has 26 heavy (non-hydrogen) atoms. The molecular weight excluding hydrogens is 330 g/mol. The summed E-state index contributed by atoms with van der Waals surface area (Å²) in [6, 6.07) is 11.6. The SMILES string of the molecule is Cc1nn(-c2ccccc2)c(C)c1CNC(=O)c1nc2ncccn2n1. The molecule has 0 spiro atoms. The quantitative estimate of drug-likeness (QED) is 0.608. The van der Waals surface area contributed by atoms with Crippen molar-refractivity contribution < 1.29 is 4.79 Å². The van der Waals surface area contributed by atoms with Gasteiger partial charge in [-0.3, -0.25) is 4.79 Å². The highest BCUT2D eigenvalue weighted by atomic mass is 16.2. The van der Waals surface area contributed by atoms with E-state index in [2.05, 4.69) is 25.5 Å². The van der Waals surface area contributed by atoms with Gasteiger partial charge in [0.2, 0.25) is 5.82 Å². The number of hydrogen-bond acceptors (Lipinski definition) is 5. The van der Waals surface area contributed by atoms with Gasteiger partial charge < -0.3 is 5.32 Å². The topological polar surface area (TPSA) is 90.0 Å². The first-order valence-corrected chi connectivity index (χ1v) is 8.19. The Morgan fingerprint density at radius 3 is 2.69 bits per heavy atom. The molecule has 1 aromatic carbocycles. The lowest BCUT2D eigenvalue weighted by Crippen LogP contribution is -2.24. The molecule has 130 valence electrons. The molecule has 0 atom stereocenters. The molecule has 0 saturated heterocycles. The fourth-order valence-electron chi connectivity index (χ4n) is 2.83. The number of rotatable bonds is 4. The summed E-state index contributed by atoms with van der Waals surface area (Å²) in [6.07, 6.45) is 3.31. The average Bonchev–Trinajstić information content (AvgIpc) is 3.22. The van der Waals surface area contributed by atoms with Crippen LogP contribution in [0.3, 0.4) is 0 Å². The van der Waals surface area contributed by atoms with E-state index in [1.54, 1.807) is 18.5 Å². The van der Waals surface area contributed by atoms with Crippen molar-refractivity contribution in [1.29, 1.82) is 0 Å². The summed E-state index contributed by atoms with van der Waals surface area (Å²) in [6.45, 7) is 4.27. The Balaban J connectivity index is 1.54. The molecule has 8 nitrogen and oxygen atoms in total. The number of nitrogens with one attached hydrogen (secondary N) is 1. The minimum absolute atomic E-state index is 0.0921. The standard InChI is InChI=1S/C18H17N7O/c1-12-15(13(2)25(22-12)14-7-4-3-5-8-14)11-20-17(26)16-21-18-19-9-6-10-24(18)23-16/h3-10H,11H2,1-2H3,(H,20,26). The van der Waals surface area contributed by atoms with E-state index in [-0.39, 0.29) is 11.7 Å². The van der Waals surface area contributed by atoms with Crippen LogP contribution in [0.2, 0.25) is 0 Å². The molecule has 4 aromatic rings. The van der Waals surface area contributed by atoms with Crippen LogP contribution in [-0.4, -0.2) is 35.3 Å². The Bertz CT molecular complexity index is 1050. The van der Waals surface area contributed by atoms with Crippen molar-refractivity contribution in [2.45, 2.75) is 20.4 Å². The maximum Gasteiger partial charge on any atom is 0.291 e. The van der Waals surface area contributed by atoms with E-state index in [9.17, 15) is 4.79 Å². The van der Waals surface area contributed by atoms with E-state index in [1.165, 1.54) is 4.52 Å². The molecule has 1 amide bonds. The molecule has 0 aliphatic rings. The number of aromatic nitrogens is 6. The van der Waals surface area contributed by atoms with Crippen LogP contribution in [0.5, 0.6) is 0 Å². The smallest absolute Gasteiger partial charge is 0.291 e. The number of benzene rings is 1. The molecular formula is C18H17N7O. The number of nitrogens with zero attached hydrogens (tertiary/aromatic N) is 6. The zero-order valence-electron chi connectivity index (χ0n) is 14.4. The van der Waals surface area contributed by atoms with Gasteiger partial charge in [0.1, 0.15) is 0 Å². The Hall–Kier alpha value is -3.55. The van der Waals surface area contributed by atoms with Crippen LogP contribution in [-0.2, 0) is 6.54 Å². The number of carbonyl (C=O) groups excluding carboxylic acids is 1. The van der Waals surface area contributed by atoms with Crippen molar-refractivity contribution in [2.24, 2.45) is 0 Å². The highest BCUT2D eigenvalue weighted by Gasteiger charge is 2.16. The van der Waals surface area contributed by atoms with Crippen molar-refractivity contribution in [3.8, 4) is 5.69 Å². The molecule has 0 aliphatic carbocycles. The van der Waals surface area contributed by atoms with Gasteiger partial charge in [-0.2, -0.15) is 10.1 Å². The van der Waals surface area contributed by atoms with Crippen LogP contribution < -0.4 is 5.32 Å². The van der Waals surface area contributed by atoms with Crippen LogP contribution in [0.4, 0.5) is 0 Å². The highest BCUT2D eigenvalue weighted by molar-refractivity contribution is 5.90. The lowest BCUT2D eigenvalue weighted by molar-refractivity contribution is 0.0940. The van der Waals surface area contributed by atoms with Crippen molar-refractivity contribution in [3.63, 3.8) is 0 Å². The van der Waals surface area contributed by atoms with Crippen LogP contribution in [0.15, 0.2) is 48.8 Å². The summed E-state index contributed by atoms with van der Waals surface area (Å²) in [5.41, 5.74) is 3.82. The summed E-state index contributed by atoms with van der Waals surface area (Å²) >= 11 is 0. The van der Waals surface area contributed by atoms with Gasteiger partial charge in [-0.15, -0.1) is 5.10 Å². The number of amides is 1. The van der Waals surface area contributed by atoms with Gasteiger partial charge >= 0.3 is 0 Å². The van der Waals surface area contributed by atoms with Crippen molar-refractivity contribution in [2.75, 3.05) is 0 Å². The number of para-hydroxylation sites is 1. The van der Waals surface area contributed by atoms with Gasteiger partial charge in [0.05, 0.1) is 11.4 Å². The third-order valence-corrected chi connectivity index (χ3v) is 4.19. The van der Waals surface area contributed by atoms with E-state index in [0.29, 0.717) is 12.3 Å². The van der Waals surface area contributed by atoms with Gasteiger partial charge in [0, 0.05) is 30.2 Å². The predicted octanol–water partition coefficient (Wildman–Crippen LogP) is 1.86. The average molecular weight is 347 g/mol. The molecule has 4 rings (SSSR count). The first kappa shape index (κ1) is 15.9. The van der Waals surface area contributed by atoms with E-state index >= 15 is 0 Å². The monoisotopic (exact) mass is 347 g/mol. The van der Waals surface area contributed by atoms with Crippen molar-refractivity contribution in [3.05, 3.63) is 71.6 Å². The molecule has 0 radical (unpaired) electrons. The van der Waals surface area contributed by atoms with Crippen molar-refractivity contribution >= 4 is 11.7 Å². The fraction of sp³-hybridized carbons (Fsp3) is 0.167. The summed E-state index contributed by atoms with van der Waals surface area (Å²) in [5.74, 6) is 0.137. The normalized spacial score (nSPS) is 11.0. The van der Waals surface area contributed by atoms with Crippen LogP contribution in [0, 0.1) is 13.8 Å². The second kappa shape index (κ2) is 6.40. The van der Waals surface area contributed by atoms with Crippen LogP contribution in [0.25, 0.3) is 11.5 Å². The highest BCUT2D eigenvalue weighted by Crippen LogP contribution is 2.17. The maximum absolute atomic E-state index is 12.4. The van der Waals surface area contributed by atoms with E-state index in [1.807, 2.05) is 48.9 Å². The predicted molar refractivity (Wildman–Crippen MR) is 95.0 cm³/mol. The first-order valence-electron chi connectivity index (χ1n) is 8.19. The van der Waals surface area contributed by atoms with Crippen molar-refractivity contribution in [1.82, 2.24) is 34.7 Å². The molecule has 0 fully saturated rings. The van der Waals surface area contributed by atoms with Crippen LogP contribution >= 0.6 is 0 Å². The Kier molecular flexibility index (Phi) is 3.92. The molecule has 3 heterocycles. The van der Waals surface area contributed by atoms with E-state index in [0.717, 1.165) is 22.6 Å². The molecule has 0 bridgehead atoms. The summed E-state index contributed by atoms with van der Waals surface area (Å²) in [5, 5.41) is 11.6. The van der Waals surface area contributed by atoms with Crippen LogP contribution in [0.1, 0.15) is 27.6 Å². The fourth-order valence-corrected chi connectivity index (χ4v) is 2.83. The zero-order chi connectivity index (χ0) is 18.1. The largest absolute Gasteiger partial charge is 0.345 e. The minimum Gasteiger partial charge on any atom is -0.345 e. The molecule has 0 unspecified atom stereocenters. The second-order valence-corrected chi connectivity index (χ2v) is 5.88. The Morgan fingerprint density at radius 2 is 1.92 bits per heavy atom. The lowest BCUT2D eigenvalue weighted by atomic mass is 10.2. The van der Waals surface area contributed by atoms with Gasteiger partial charge in [-0.1, -0.05) is 18.2 Å². The first-order chi connectivity index (χ1) is 12.6. The summed E-state index contributed by atoms with van der Waals surface area (Å²) < 4.78 is 3.35. The molecule has 0 aliphatic heterocycles. The number of aryl methyl sites for hydroxylation is 1. The van der Waals surface area contributed by atoms with Gasteiger partial charge in [-0.05, 0) is 32.0 Å². The number of hydrogen-bond donors (Lipinski definition) is 1. The third kappa shape index (κ3) is 2.81. The van der Waals surface area contributed by atoms with Gasteiger partial charge in [0.25, 0.3) is 11.7 Å². The Morgan fingerprint density at radius 1 is 1.12 bits per heavy atom. The van der Waals surface area contributed by atoms with Gasteiger partial charge in [0.15, 0.2) is 0 Å². The zero-order valence-corrected chi connectivity index (χ0v) is 14.4. The Labute approximate surface area is 149 Å². The number of carbonyl (C=O) groups is 1. The van der Waals surface area contributed by atoms with E-state index < -0.39 is 0 Å². The second-order valence-electron chi connectivity index (χ2n) is 5.88. The summed E-state index contributed by atoms with van der Waals surface area (Å²) in [7, 11) is 0. The molecule has 0 saturated carbocycles. The minimum atomic E-state index is -0.346. The molecule has 1 N–H and O–H groups in total. The van der Waals surface area contributed by atoms with Gasteiger partial charge in [-0.25, -0.2) is 14.2 Å². The summed E-state index contributed by atoms with van der Waals surface area (Å²) in [4.78, 5) is 20.6. The maximum atomic E-state index is 12.4. The van der Waals surface area contributed by atoms with E-state index in [4.69, 9.17) is 0 Å². The lowest BCUT2D eigenvalue weighted by Gasteiger charge is -2.06. The third-order valence-electron chi connectivity index (χ3n) is 4.19. The number of fused-ring (bicyclic) bond motifs is 1. The molecule has 8 heteroatoms. The molecule has 3 aromatic heterocycles.